The molecule has 0 bridgehead atoms. The molecule has 0 N–H and O–H groups in total. The smallest absolute Gasteiger partial charge is 0.330 e. The molecule has 0 radical (unpaired) electrons. The number of carbonyl (C=O) groups is 1. The number of hydrogen-bond donors (Lipinski definition) is 0. The van der Waals surface area contributed by atoms with Gasteiger partial charge in [-0.3, -0.25) is 0 Å². The molecule has 0 spiro atoms. The summed E-state index contributed by atoms with van der Waals surface area (Å²) in [6.07, 6.45) is 5.24. The molecule has 0 aliphatic rings. The van der Waals surface area contributed by atoms with E-state index in [9.17, 15) is 4.79 Å². The van der Waals surface area contributed by atoms with Crippen molar-refractivity contribution in [2.45, 2.75) is 13.5 Å². The molecule has 0 aliphatic carbocycles. The van der Waals surface area contributed by atoms with Crippen molar-refractivity contribution in [2.75, 3.05) is 7.11 Å². The number of imidazole rings is 1. The topological polar surface area (TPSA) is 44.1 Å². The zero-order chi connectivity index (χ0) is 17.6. The highest BCUT2D eigenvalue weighted by molar-refractivity contribution is 5.86. The van der Waals surface area contributed by atoms with E-state index in [2.05, 4.69) is 44.8 Å². The summed E-state index contributed by atoms with van der Waals surface area (Å²) in [5, 5.41) is 0. The third-order valence-electron chi connectivity index (χ3n) is 3.99. The van der Waals surface area contributed by atoms with Crippen LogP contribution in [-0.2, 0) is 16.1 Å². The summed E-state index contributed by atoms with van der Waals surface area (Å²) in [5.41, 5.74) is 4.24. The van der Waals surface area contributed by atoms with E-state index in [0.29, 0.717) is 0 Å². The van der Waals surface area contributed by atoms with Gasteiger partial charge in [-0.2, -0.15) is 0 Å². The molecule has 0 fully saturated rings. The highest BCUT2D eigenvalue weighted by atomic mass is 16.5. The predicted octanol–water partition coefficient (Wildman–Crippen LogP) is 4.09. The first kappa shape index (κ1) is 16.7. The summed E-state index contributed by atoms with van der Waals surface area (Å²) in [7, 11) is 1.37. The van der Waals surface area contributed by atoms with Crippen molar-refractivity contribution < 1.29 is 9.53 Å². The van der Waals surface area contributed by atoms with Crippen molar-refractivity contribution in [3.63, 3.8) is 0 Å². The number of esters is 1. The second-order valence-corrected chi connectivity index (χ2v) is 5.77. The highest BCUT2D eigenvalue weighted by Crippen LogP contribution is 2.19. The van der Waals surface area contributed by atoms with E-state index >= 15 is 0 Å². The molecule has 0 unspecified atom stereocenters. The van der Waals surface area contributed by atoms with Crippen LogP contribution in [-0.4, -0.2) is 22.6 Å². The Hall–Kier alpha value is -3.14. The Morgan fingerprint density at radius 2 is 1.84 bits per heavy atom. The van der Waals surface area contributed by atoms with Gasteiger partial charge in [-0.1, -0.05) is 54.6 Å². The van der Waals surface area contributed by atoms with Gasteiger partial charge in [0.2, 0.25) is 0 Å². The molecule has 0 saturated carbocycles. The van der Waals surface area contributed by atoms with Gasteiger partial charge in [0.15, 0.2) is 0 Å². The zero-order valence-electron chi connectivity index (χ0n) is 14.3. The van der Waals surface area contributed by atoms with Gasteiger partial charge in [-0.25, -0.2) is 9.78 Å². The first-order chi connectivity index (χ1) is 12.2. The Balaban J connectivity index is 1.73. The summed E-state index contributed by atoms with van der Waals surface area (Å²) >= 11 is 0. The van der Waals surface area contributed by atoms with Crippen LogP contribution in [0.4, 0.5) is 0 Å². The Kier molecular flexibility index (Phi) is 5.09. The Morgan fingerprint density at radius 3 is 2.52 bits per heavy atom. The number of carbonyl (C=O) groups excluding carboxylic acids is 1. The molecular formula is C21H20N2O2. The Bertz CT molecular complexity index is 878. The minimum absolute atomic E-state index is 0.355. The Morgan fingerprint density at radius 1 is 1.12 bits per heavy atom. The fourth-order valence-corrected chi connectivity index (χ4v) is 2.58. The fourth-order valence-electron chi connectivity index (χ4n) is 2.58. The van der Waals surface area contributed by atoms with Gasteiger partial charge in [0.25, 0.3) is 0 Å². The van der Waals surface area contributed by atoms with Crippen molar-refractivity contribution in [1.29, 1.82) is 0 Å². The lowest BCUT2D eigenvalue weighted by atomic mass is 10.1. The monoisotopic (exact) mass is 332 g/mol. The molecule has 0 atom stereocenters. The quantitative estimate of drug-likeness (QED) is 0.522. The lowest BCUT2D eigenvalue weighted by Crippen LogP contribution is -2.00. The molecule has 0 saturated heterocycles. The van der Waals surface area contributed by atoms with Crippen LogP contribution in [0.3, 0.4) is 0 Å². The molecule has 3 aromatic rings. The van der Waals surface area contributed by atoms with Gasteiger partial charge in [-0.15, -0.1) is 0 Å². The lowest BCUT2D eigenvalue weighted by molar-refractivity contribution is -0.134. The predicted molar refractivity (Wildman–Crippen MR) is 99.0 cm³/mol. The van der Waals surface area contributed by atoms with E-state index in [0.717, 1.165) is 29.2 Å². The van der Waals surface area contributed by atoms with Crippen LogP contribution in [0.2, 0.25) is 0 Å². The van der Waals surface area contributed by atoms with E-state index in [1.807, 2.05) is 37.3 Å². The number of nitrogens with zero attached hydrogens (tertiary/aromatic N) is 2. The van der Waals surface area contributed by atoms with Crippen LogP contribution in [0, 0.1) is 6.92 Å². The summed E-state index contributed by atoms with van der Waals surface area (Å²) < 4.78 is 6.73. The first-order valence-corrected chi connectivity index (χ1v) is 8.10. The van der Waals surface area contributed by atoms with Crippen molar-refractivity contribution in [1.82, 2.24) is 9.55 Å². The molecule has 3 rings (SSSR count). The molecule has 1 heterocycles. The molecule has 126 valence electrons. The minimum atomic E-state index is -0.355. The van der Waals surface area contributed by atoms with Gasteiger partial charge in [0.1, 0.15) is 5.82 Å². The standard InChI is InChI=1S/C21H20N2O2/c1-16-22-20(19-6-4-3-5-7-19)15-23(16)14-18-10-8-17(9-11-18)12-13-21(24)25-2/h3-13,15H,14H2,1-2H3/b13-12+. The van der Waals surface area contributed by atoms with Crippen LogP contribution < -0.4 is 0 Å². The average molecular weight is 332 g/mol. The maximum Gasteiger partial charge on any atom is 0.330 e. The second-order valence-electron chi connectivity index (χ2n) is 5.77. The average Bonchev–Trinajstić information content (AvgIpc) is 3.02. The molecule has 4 nitrogen and oxygen atoms in total. The zero-order valence-corrected chi connectivity index (χ0v) is 14.3. The number of aromatic nitrogens is 2. The SMILES string of the molecule is COC(=O)/C=C/c1ccc(Cn2cc(-c3ccccc3)nc2C)cc1. The minimum Gasteiger partial charge on any atom is -0.466 e. The van der Waals surface area contributed by atoms with Crippen LogP contribution in [0.15, 0.2) is 66.9 Å². The van der Waals surface area contributed by atoms with Crippen molar-refractivity contribution in [3.05, 3.63) is 83.8 Å². The third-order valence-corrected chi connectivity index (χ3v) is 3.99. The van der Waals surface area contributed by atoms with E-state index in [-0.39, 0.29) is 5.97 Å². The summed E-state index contributed by atoms with van der Waals surface area (Å²) in [5.74, 6) is 0.625. The van der Waals surface area contributed by atoms with Crippen molar-refractivity contribution in [3.8, 4) is 11.3 Å². The fraction of sp³-hybridized carbons (Fsp3) is 0.143. The summed E-state index contributed by atoms with van der Waals surface area (Å²) in [6, 6.07) is 18.2. The van der Waals surface area contributed by atoms with Gasteiger partial charge in [-0.05, 0) is 24.1 Å². The normalized spacial score (nSPS) is 11.0. The third kappa shape index (κ3) is 4.23. The number of ether oxygens (including phenoxy) is 1. The number of aryl methyl sites for hydroxylation is 1. The maximum absolute atomic E-state index is 11.1. The molecule has 1 aromatic heterocycles. The Labute approximate surface area is 147 Å². The number of rotatable bonds is 5. The number of benzene rings is 2. The molecule has 4 heteroatoms. The first-order valence-electron chi connectivity index (χ1n) is 8.10. The van der Waals surface area contributed by atoms with Crippen molar-refractivity contribution in [2.24, 2.45) is 0 Å². The van der Waals surface area contributed by atoms with Crippen molar-refractivity contribution >= 4 is 12.0 Å². The molecule has 0 amide bonds. The van der Waals surface area contributed by atoms with E-state index in [4.69, 9.17) is 0 Å². The van der Waals surface area contributed by atoms with E-state index < -0.39 is 0 Å². The maximum atomic E-state index is 11.1. The molecule has 25 heavy (non-hydrogen) atoms. The molecule has 0 aliphatic heterocycles. The molecular weight excluding hydrogens is 312 g/mol. The van der Waals surface area contributed by atoms with Crippen LogP contribution in [0.1, 0.15) is 17.0 Å². The van der Waals surface area contributed by atoms with Gasteiger partial charge in [0.05, 0.1) is 12.8 Å². The van der Waals surface area contributed by atoms with Crippen LogP contribution >= 0.6 is 0 Å². The number of hydrogen-bond acceptors (Lipinski definition) is 3. The van der Waals surface area contributed by atoms with Gasteiger partial charge >= 0.3 is 5.97 Å². The largest absolute Gasteiger partial charge is 0.466 e. The summed E-state index contributed by atoms with van der Waals surface area (Å²) in [6.45, 7) is 2.77. The van der Waals surface area contributed by atoms with Crippen LogP contribution in [0.25, 0.3) is 17.3 Å². The number of methoxy groups -OCH3 is 1. The van der Waals surface area contributed by atoms with E-state index in [1.165, 1.54) is 18.7 Å². The summed E-state index contributed by atoms with van der Waals surface area (Å²) in [4.78, 5) is 15.8. The lowest BCUT2D eigenvalue weighted by Gasteiger charge is -2.05. The second kappa shape index (κ2) is 7.62. The highest BCUT2D eigenvalue weighted by Gasteiger charge is 2.06. The molecule has 2 aromatic carbocycles. The van der Waals surface area contributed by atoms with Crippen LogP contribution in [0.5, 0.6) is 0 Å². The van der Waals surface area contributed by atoms with Gasteiger partial charge < -0.3 is 9.30 Å². The van der Waals surface area contributed by atoms with Gasteiger partial charge in [0, 0.05) is 24.4 Å². The van der Waals surface area contributed by atoms with E-state index in [1.54, 1.807) is 6.08 Å².